The van der Waals surface area contributed by atoms with Crippen molar-refractivity contribution in [3.63, 3.8) is 0 Å². The van der Waals surface area contributed by atoms with Crippen LogP contribution in [0.3, 0.4) is 0 Å². The maximum Gasteiger partial charge on any atom is 0.151 e. The summed E-state index contributed by atoms with van der Waals surface area (Å²) in [6.07, 6.45) is 2.19. The Morgan fingerprint density at radius 2 is 2.04 bits per heavy atom. The van der Waals surface area contributed by atoms with Crippen LogP contribution in [0.4, 0.5) is 0 Å². The maximum atomic E-state index is 12.5. The summed E-state index contributed by atoms with van der Waals surface area (Å²) in [7, 11) is 0. The zero-order valence-corrected chi connectivity index (χ0v) is 16.7. The lowest BCUT2D eigenvalue weighted by Gasteiger charge is -2.28. The summed E-state index contributed by atoms with van der Waals surface area (Å²) in [5.74, 6) is 0.275. The smallest absolute Gasteiger partial charge is 0.151 e. The molecule has 0 bridgehead atoms. The molecule has 0 amide bonds. The van der Waals surface area contributed by atoms with Crippen LogP contribution in [-0.2, 0) is 17.6 Å². The van der Waals surface area contributed by atoms with E-state index in [1.807, 2.05) is 6.07 Å². The highest BCUT2D eigenvalue weighted by atomic mass is 35.5. The van der Waals surface area contributed by atoms with Crippen LogP contribution in [0, 0.1) is 6.92 Å². The molecule has 3 nitrogen and oxygen atoms in total. The topological polar surface area (TPSA) is 40.5 Å². The Hall–Kier alpha value is -1.81. The van der Waals surface area contributed by atoms with E-state index in [-0.39, 0.29) is 18.0 Å². The summed E-state index contributed by atoms with van der Waals surface area (Å²) in [5, 5.41) is 11.2. The molecule has 0 aromatic heterocycles. The standard InChI is InChI=1S/C22H21Cl2NO2/c1-13-21(24)7-14(8-22(13)27)6-18(26)12-25-5-4-19-16(11-25)9-15-2-3-17(23)10-20(15)19/h2-3,7-8,10,27H,4-6,9,11-12H2,1H3. The number of hydrogen-bond acceptors (Lipinski definition) is 3. The van der Waals surface area contributed by atoms with E-state index < -0.39 is 0 Å². The van der Waals surface area contributed by atoms with Gasteiger partial charge in [0.05, 0.1) is 6.54 Å². The lowest BCUT2D eigenvalue weighted by molar-refractivity contribution is -0.119. The number of benzene rings is 2. The first kappa shape index (κ1) is 18.5. The highest BCUT2D eigenvalue weighted by Crippen LogP contribution is 2.39. The third kappa shape index (κ3) is 3.77. The van der Waals surface area contributed by atoms with Gasteiger partial charge in [0, 0.05) is 35.1 Å². The second kappa shape index (κ2) is 7.31. The van der Waals surface area contributed by atoms with E-state index in [4.69, 9.17) is 23.2 Å². The third-order valence-electron chi connectivity index (χ3n) is 5.50. The number of rotatable bonds is 4. The molecule has 0 saturated carbocycles. The summed E-state index contributed by atoms with van der Waals surface area (Å²) < 4.78 is 0. The summed E-state index contributed by atoms with van der Waals surface area (Å²) in [4.78, 5) is 14.8. The fourth-order valence-corrected chi connectivity index (χ4v) is 4.49. The second-order valence-corrected chi connectivity index (χ2v) is 8.30. The SMILES string of the molecule is Cc1c(O)cc(CC(=O)CN2CCC3=C(Cc4ccc(Cl)cc43)C2)cc1Cl. The molecule has 0 atom stereocenters. The average molecular weight is 402 g/mol. The number of carbonyl (C=O) groups is 1. The molecule has 0 spiro atoms. The Kier molecular flexibility index (Phi) is 5.02. The first-order valence-corrected chi connectivity index (χ1v) is 9.88. The zero-order chi connectivity index (χ0) is 19.1. The van der Waals surface area contributed by atoms with Crippen molar-refractivity contribution in [2.45, 2.75) is 26.2 Å². The van der Waals surface area contributed by atoms with Crippen LogP contribution in [0.25, 0.3) is 5.57 Å². The molecule has 2 aliphatic rings. The van der Waals surface area contributed by atoms with Gasteiger partial charge in [0.25, 0.3) is 0 Å². The highest BCUT2D eigenvalue weighted by Gasteiger charge is 2.27. The first-order chi connectivity index (χ1) is 12.9. The van der Waals surface area contributed by atoms with Crippen molar-refractivity contribution in [1.82, 2.24) is 4.90 Å². The molecular formula is C22H21Cl2NO2. The molecule has 1 aliphatic heterocycles. The molecule has 1 aliphatic carbocycles. The van der Waals surface area contributed by atoms with Gasteiger partial charge in [-0.25, -0.2) is 0 Å². The van der Waals surface area contributed by atoms with Gasteiger partial charge in [-0.05, 0) is 71.9 Å². The van der Waals surface area contributed by atoms with Gasteiger partial charge in [-0.1, -0.05) is 29.3 Å². The Morgan fingerprint density at radius 3 is 2.81 bits per heavy atom. The number of phenolic OH excluding ortho intramolecular Hbond substituents is 1. The number of phenols is 1. The van der Waals surface area contributed by atoms with Crippen molar-refractivity contribution >= 4 is 34.6 Å². The highest BCUT2D eigenvalue weighted by molar-refractivity contribution is 6.31. The third-order valence-corrected chi connectivity index (χ3v) is 6.13. The largest absolute Gasteiger partial charge is 0.508 e. The molecule has 140 valence electrons. The van der Waals surface area contributed by atoms with E-state index in [1.54, 1.807) is 19.1 Å². The molecule has 1 N–H and O–H groups in total. The van der Waals surface area contributed by atoms with Crippen molar-refractivity contribution < 1.29 is 9.90 Å². The quantitative estimate of drug-likeness (QED) is 0.796. The normalized spacial score (nSPS) is 16.4. The number of nitrogens with zero attached hydrogens (tertiary/aromatic N) is 1. The molecule has 5 heteroatoms. The Morgan fingerprint density at radius 1 is 1.22 bits per heavy atom. The molecule has 0 saturated heterocycles. The maximum absolute atomic E-state index is 12.5. The molecule has 2 aromatic rings. The minimum atomic E-state index is 0.136. The lowest BCUT2D eigenvalue weighted by atomic mass is 9.98. The molecule has 4 rings (SSSR count). The van der Waals surface area contributed by atoms with Crippen LogP contribution >= 0.6 is 23.2 Å². The fourth-order valence-electron chi connectivity index (χ4n) is 4.08. The van der Waals surface area contributed by atoms with Gasteiger partial charge in [0.15, 0.2) is 5.78 Å². The number of fused-ring (bicyclic) bond motifs is 2. The van der Waals surface area contributed by atoms with Crippen LogP contribution < -0.4 is 0 Å². The van der Waals surface area contributed by atoms with E-state index in [1.165, 1.54) is 22.3 Å². The van der Waals surface area contributed by atoms with Gasteiger partial charge in [-0.2, -0.15) is 0 Å². The molecule has 0 radical (unpaired) electrons. The van der Waals surface area contributed by atoms with Crippen molar-refractivity contribution in [3.8, 4) is 5.75 Å². The summed E-state index contributed by atoms with van der Waals surface area (Å²) in [6.45, 7) is 3.87. The predicted octanol–water partition coefficient (Wildman–Crippen LogP) is 4.83. The Balaban J connectivity index is 1.41. The van der Waals surface area contributed by atoms with E-state index >= 15 is 0 Å². The van der Waals surface area contributed by atoms with Crippen LogP contribution in [0.15, 0.2) is 35.9 Å². The number of ketones is 1. The van der Waals surface area contributed by atoms with Crippen molar-refractivity contribution in [2.24, 2.45) is 0 Å². The van der Waals surface area contributed by atoms with Crippen LogP contribution in [0.2, 0.25) is 10.0 Å². The van der Waals surface area contributed by atoms with Gasteiger partial charge >= 0.3 is 0 Å². The van der Waals surface area contributed by atoms with E-state index in [9.17, 15) is 9.90 Å². The summed E-state index contributed by atoms with van der Waals surface area (Å²) in [6, 6.07) is 9.52. The minimum absolute atomic E-state index is 0.136. The van der Waals surface area contributed by atoms with E-state index in [2.05, 4.69) is 17.0 Å². The van der Waals surface area contributed by atoms with Crippen LogP contribution in [0.1, 0.15) is 28.7 Å². The van der Waals surface area contributed by atoms with Crippen molar-refractivity contribution in [1.29, 1.82) is 0 Å². The molecule has 27 heavy (non-hydrogen) atoms. The predicted molar refractivity (Wildman–Crippen MR) is 110 cm³/mol. The number of Topliss-reactive ketones (excluding diaryl/α,β-unsaturated/α-hetero) is 1. The monoisotopic (exact) mass is 401 g/mol. The second-order valence-electron chi connectivity index (χ2n) is 7.46. The summed E-state index contributed by atoms with van der Waals surface area (Å²) >= 11 is 12.3. The number of hydrogen-bond donors (Lipinski definition) is 1. The van der Waals surface area contributed by atoms with E-state index in [0.717, 1.165) is 36.5 Å². The average Bonchev–Trinajstić information content (AvgIpc) is 2.96. The van der Waals surface area contributed by atoms with Gasteiger partial charge in [-0.3, -0.25) is 9.69 Å². The minimum Gasteiger partial charge on any atom is -0.508 e. The molecule has 2 aromatic carbocycles. The van der Waals surface area contributed by atoms with Crippen molar-refractivity contribution in [3.05, 3.63) is 68.2 Å². The Labute approximate surface area is 169 Å². The van der Waals surface area contributed by atoms with E-state index in [0.29, 0.717) is 17.1 Å². The van der Waals surface area contributed by atoms with Gasteiger partial charge in [0.2, 0.25) is 0 Å². The molecular weight excluding hydrogens is 381 g/mol. The lowest BCUT2D eigenvalue weighted by Crippen LogP contribution is -2.35. The molecule has 1 heterocycles. The number of halogens is 2. The first-order valence-electron chi connectivity index (χ1n) is 9.12. The molecule has 0 fully saturated rings. The van der Waals surface area contributed by atoms with Crippen LogP contribution in [0.5, 0.6) is 5.75 Å². The number of carbonyl (C=O) groups excluding carboxylic acids is 1. The fraction of sp³-hybridized carbons (Fsp3) is 0.318. The van der Waals surface area contributed by atoms with Gasteiger partial charge in [-0.15, -0.1) is 0 Å². The van der Waals surface area contributed by atoms with Gasteiger partial charge in [0.1, 0.15) is 5.75 Å². The van der Waals surface area contributed by atoms with Gasteiger partial charge < -0.3 is 5.11 Å². The number of aromatic hydroxyl groups is 1. The summed E-state index contributed by atoms with van der Waals surface area (Å²) in [5.41, 5.74) is 6.83. The molecule has 0 unspecified atom stereocenters. The zero-order valence-electron chi connectivity index (χ0n) is 15.2. The Bertz CT molecular complexity index is 942. The van der Waals surface area contributed by atoms with Crippen molar-refractivity contribution in [2.75, 3.05) is 19.6 Å². The van der Waals surface area contributed by atoms with Crippen LogP contribution in [-0.4, -0.2) is 35.4 Å².